The first-order chi connectivity index (χ1) is 14.1. The van der Waals surface area contributed by atoms with Crippen molar-refractivity contribution in [1.82, 2.24) is 4.90 Å². The highest BCUT2D eigenvalue weighted by Crippen LogP contribution is 2.00. The Morgan fingerprint density at radius 3 is 1.61 bits per heavy atom. The summed E-state index contributed by atoms with van der Waals surface area (Å²) in [7, 11) is -1.93. The van der Waals surface area contributed by atoms with Gasteiger partial charge in [0.1, 0.15) is 6.54 Å². The van der Waals surface area contributed by atoms with Crippen LogP contribution in [0.2, 0.25) is 0 Å². The quantitative estimate of drug-likeness (QED) is 0.275. The summed E-state index contributed by atoms with van der Waals surface area (Å²) in [5.74, 6) is 29.6. The maximum atomic E-state index is 9.08. The number of nitrogens with zero attached hydrogens (tertiary/aromatic N) is 2. The van der Waals surface area contributed by atoms with E-state index in [9.17, 15) is 0 Å². The van der Waals surface area contributed by atoms with E-state index in [1.54, 1.807) is 4.90 Å². The predicted molar refractivity (Wildman–Crippen MR) is 156 cm³/mol. The fourth-order valence-corrected chi connectivity index (χ4v) is 1.31. The van der Waals surface area contributed by atoms with Crippen LogP contribution in [0, 0.1) is 108 Å². The van der Waals surface area contributed by atoms with Crippen molar-refractivity contribution in [1.29, 1.82) is 0 Å². The zero-order chi connectivity index (χ0) is 23.3. The fourth-order valence-electron chi connectivity index (χ4n) is 1.31. The maximum Gasteiger partial charge on any atom is 0.151 e. The molecule has 0 aliphatic rings. The Bertz CT molecular complexity index is 1190. The molecule has 5 nitrogen and oxygen atoms in total. The van der Waals surface area contributed by atoms with Crippen LogP contribution in [0.1, 0.15) is 35.7 Å². The van der Waals surface area contributed by atoms with E-state index in [-0.39, 0.29) is 28.8 Å². The molecule has 6 heteroatoms. The van der Waals surface area contributed by atoms with Crippen LogP contribution in [0.25, 0.3) is 0 Å². The van der Waals surface area contributed by atoms with Crippen molar-refractivity contribution in [2.24, 2.45) is 0 Å². The van der Waals surface area contributed by atoms with Crippen LogP contribution < -0.4 is 0 Å². The normalized spacial score (nSPS) is 8.94. The van der Waals surface area contributed by atoms with Crippen LogP contribution in [-0.2, 0) is 10.1 Å². The second kappa shape index (κ2) is 19.0. The lowest BCUT2D eigenvalue weighted by molar-refractivity contribution is -0.841. The highest BCUT2D eigenvalue weighted by molar-refractivity contribution is 7.84. The van der Waals surface area contributed by atoms with E-state index in [1.165, 1.54) is 0 Å². The summed E-state index contributed by atoms with van der Waals surface area (Å²) in [6, 6.07) is 8.70. The van der Waals surface area contributed by atoms with Gasteiger partial charge in [0.25, 0.3) is 0 Å². The van der Waals surface area contributed by atoms with E-state index >= 15 is 0 Å². The molecule has 0 spiro atoms. The summed E-state index contributed by atoms with van der Waals surface area (Å²) in [5.41, 5.74) is 0. The average molecular weight is 461 g/mol. The Balaban J connectivity index is -0.0000000217. The van der Waals surface area contributed by atoms with Gasteiger partial charge >= 0.3 is 0 Å². The van der Waals surface area contributed by atoms with Crippen molar-refractivity contribution in [3.05, 3.63) is 0 Å². The second-order valence-corrected chi connectivity index (χ2v) is 6.59. The van der Waals surface area contributed by atoms with Crippen molar-refractivity contribution >= 4 is 10.1 Å². The van der Waals surface area contributed by atoms with E-state index in [2.05, 4.69) is 89.2 Å². The molecule has 0 heterocycles. The van der Waals surface area contributed by atoms with Crippen molar-refractivity contribution in [2.75, 3.05) is 32.9 Å². The largest absolute Gasteiger partial charge is 0.748 e. The Morgan fingerprint density at radius 1 is 0.871 bits per heavy atom. The lowest BCUT2D eigenvalue weighted by Gasteiger charge is -2.26. The van der Waals surface area contributed by atoms with Gasteiger partial charge in [0, 0.05) is 69.3 Å². The molecule has 0 aromatic rings. The molecule has 186 valence electrons. The molecule has 1 unspecified atom stereocenters. The maximum absolute atomic E-state index is 9.08. The van der Waals surface area contributed by atoms with Crippen LogP contribution in [-0.4, -0.2) is 55.3 Å². The van der Waals surface area contributed by atoms with Gasteiger partial charge in [0.15, 0.2) is 6.04 Å². The van der Waals surface area contributed by atoms with Crippen molar-refractivity contribution in [2.45, 2.75) is 14.4 Å². The third kappa shape index (κ3) is 25.7. The van der Waals surface area contributed by atoms with Crippen molar-refractivity contribution < 1.29 is 38.9 Å². The molecule has 31 heavy (non-hydrogen) atoms. The smallest absolute Gasteiger partial charge is 0.151 e. The lowest BCUT2D eigenvalue weighted by atomic mass is 10.4. The summed E-state index contributed by atoms with van der Waals surface area (Å²) in [6.07, 6.45) is 15.8. The predicted octanol–water partition coefficient (Wildman–Crippen LogP) is 4.03. The number of hydrogen-bond acceptors (Lipinski definition) is 4. The molecular weight excluding hydrogens is 408 g/mol. The second-order valence-electron chi connectivity index (χ2n) is 5.18. The molecule has 0 saturated heterocycles. The highest BCUT2D eigenvalue weighted by atomic mass is 32.2. The van der Waals surface area contributed by atoms with Crippen LogP contribution >= 0.6 is 0 Å². The Labute approximate surface area is 210 Å². The summed E-state index contributed by atoms with van der Waals surface area (Å²) in [4.78, 5) is 1.58. The molecule has 0 aliphatic carbocycles. The van der Waals surface area contributed by atoms with Gasteiger partial charge in [-0.1, -0.05) is 7.43 Å². The summed E-state index contributed by atoms with van der Waals surface area (Å²) < 4.78 is 27.7. The number of rotatable bonds is 4. The van der Waals surface area contributed by atoms with Gasteiger partial charge in [0.2, 0.25) is 0 Å². The molecular formula is C25H52N2O3S. The van der Waals surface area contributed by atoms with Crippen LogP contribution in [0.4, 0.5) is 0 Å². The number of likely N-dealkylation sites (N-methyl/N-ethyl adjacent to an activating group) is 1. The molecule has 0 radical (unpaired) electrons. The van der Waals surface area contributed by atoms with Crippen LogP contribution in [0.5, 0.6) is 0 Å². The van der Waals surface area contributed by atoms with Gasteiger partial charge in [-0.2, -0.15) is 0 Å². The average Bonchev–Trinajstić information content (AvgIpc) is 2.68. The molecule has 0 fully saturated rings. The van der Waals surface area contributed by atoms with E-state index in [1.807, 2.05) is 14.0 Å². The monoisotopic (exact) mass is 460 g/mol. The Kier molecular flexibility index (Phi) is 19.3. The first-order valence-electron chi connectivity index (χ1n) is 8.05. The topological polar surface area (TPSA) is 60.4 Å². The lowest BCUT2D eigenvalue weighted by Crippen LogP contribution is -2.43. The van der Waals surface area contributed by atoms with Crippen molar-refractivity contribution in [3.8, 4) is 108 Å². The molecule has 0 aromatic carbocycles. The first-order valence-corrected chi connectivity index (χ1v) is 9.86. The Morgan fingerprint density at radius 2 is 1.26 bits per heavy atom. The summed E-state index contributed by atoms with van der Waals surface area (Å²) in [6.45, 7) is 4.00. The van der Waals surface area contributed by atoms with Gasteiger partial charge in [-0.15, -0.1) is 19.3 Å². The molecule has 0 N–H and O–H groups in total. The van der Waals surface area contributed by atoms with E-state index < -0.39 is 10.1 Å². The van der Waals surface area contributed by atoms with Gasteiger partial charge < -0.3 is 4.55 Å². The molecule has 0 bridgehead atoms. The molecule has 0 rings (SSSR count). The standard InChI is InChI=1S/C23H15N2.CH4O3S.CH4.15H2/c1-6-10-13-16-19-24(20-17-14-11-7-2)21-23-25(5,9-4)22-18-15-12-8-3;1-5(2,3)4;;;;;;;;;;;;;;;;/h1-3H,9,21,23H2,4-5H3;1H3,(H,2,3,4);1H4;15*1H/q+1;;;;;;;;;;;;;;;;;/p-1. The third-order valence-electron chi connectivity index (χ3n) is 2.81. The minimum atomic E-state index is -3.92. The molecule has 1 atom stereocenters. The first kappa shape index (κ1) is 31.4. The minimum absolute atomic E-state index is 0. The summed E-state index contributed by atoms with van der Waals surface area (Å²) in [5, 5.41) is 0. The summed E-state index contributed by atoms with van der Waals surface area (Å²) >= 11 is 0. The molecule has 0 aliphatic heterocycles. The fraction of sp³-hybridized carbons (Fsp3) is 0.280. The zero-order valence-electron chi connectivity index (χ0n) is 16.9. The molecule has 0 aromatic heterocycles. The van der Waals surface area contributed by atoms with E-state index in [0.717, 1.165) is 6.54 Å². The Hall–Kier alpha value is -4.29. The number of terminal acetylenes is 3. The number of hydrogen-bond donors (Lipinski definition) is 0. The van der Waals surface area contributed by atoms with E-state index in [0.29, 0.717) is 23.8 Å². The molecule has 0 saturated carbocycles. The molecule has 0 amide bonds. The van der Waals surface area contributed by atoms with Crippen LogP contribution in [0.3, 0.4) is 0 Å². The highest BCUT2D eigenvalue weighted by Gasteiger charge is 2.17. The zero-order valence-corrected chi connectivity index (χ0v) is 17.7. The minimum Gasteiger partial charge on any atom is -0.748 e. The van der Waals surface area contributed by atoms with Gasteiger partial charge in [-0.25, -0.2) is 12.9 Å². The van der Waals surface area contributed by atoms with Gasteiger partial charge in [-0.3, -0.25) is 4.90 Å². The van der Waals surface area contributed by atoms with E-state index in [4.69, 9.17) is 32.2 Å². The number of quaternary nitrogens is 1. The van der Waals surface area contributed by atoms with Gasteiger partial charge in [0.05, 0.1) is 36.2 Å². The van der Waals surface area contributed by atoms with Crippen molar-refractivity contribution in [3.63, 3.8) is 0 Å². The third-order valence-corrected chi connectivity index (χ3v) is 2.81. The van der Waals surface area contributed by atoms with Crippen LogP contribution in [0.15, 0.2) is 0 Å². The van der Waals surface area contributed by atoms with Gasteiger partial charge in [-0.05, 0) is 42.4 Å². The SMILES string of the molecule is C.C#CC#CC#CN(C#CC#CC#C)CC[N+](C)(C#CC#CC#C)CC.CS(=O)(=O)[O-].[HH].[HH].[HH].[HH].[HH].[HH].[HH].[HH].[HH].[HH].[HH].[HH].[HH].[HH].[HH].